The number of hydrogen-bond acceptors (Lipinski definition) is 1. The zero-order valence-corrected chi connectivity index (χ0v) is 9.52. The lowest BCUT2D eigenvalue weighted by atomic mass is 10.1. The predicted octanol–water partition coefficient (Wildman–Crippen LogP) is 0.197. The summed E-state index contributed by atoms with van der Waals surface area (Å²) in [6, 6.07) is 2.14. The van der Waals surface area contributed by atoms with Crippen LogP contribution in [0.1, 0.15) is 25.0 Å². The second kappa shape index (κ2) is 3.67. The molecule has 1 aromatic rings. The Labute approximate surface area is 71.3 Å². The molecule has 1 nitrogen and oxygen atoms in total. The maximum absolute atomic E-state index is 4.32. The van der Waals surface area contributed by atoms with Crippen LogP contribution < -0.4 is 5.32 Å². The lowest BCUT2D eigenvalue weighted by Crippen LogP contribution is -2.16. The van der Waals surface area contributed by atoms with E-state index in [1.807, 2.05) is 6.20 Å². The molecule has 0 fully saturated rings. The van der Waals surface area contributed by atoms with E-state index < -0.39 is 0 Å². The Morgan fingerprint density at radius 1 is 1.36 bits per heavy atom. The van der Waals surface area contributed by atoms with Gasteiger partial charge in [0.2, 0.25) is 0 Å². The molecular formula is C9H15NSi. The first-order valence-corrected chi connectivity index (χ1v) is 5.23. The summed E-state index contributed by atoms with van der Waals surface area (Å²) in [5.74, 6) is 0. The Hall–Kier alpha value is -0.633. The second-order valence-electron chi connectivity index (χ2n) is 2.74. The minimum atomic E-state index is 1.08. The molecule has 0 aliphatic rings. The van der Waals surface area contributed by atoms with Gasteiger partial charge in [-0.2, -0.15) is 0 Å². The number of hydrogen-bond donors (Lipinski definition) is 0. The van der Waals surface area contributed by atoms with Crippen molar-refractivity contribution in [3.63, 3.8) is 0 Å². The predicted molar refractivity (Wildman–Crippen MR) is 52.6 cm³/mol. The Balaban J connectivity index is 3.13. The number of aryl methyl sites for hydroxylation is 1. The Bertz CT molecular complexity index is 245. The molecular weight excluding hydrogens is 150 g/mol. The molecule has 0 aliphatic carbocycles. The van der Waals surface area contributed by atoms with E-state index in [0.29, 0.717) is 0 Å². The Morgan fingerprint density at radius 3 is 2.55 bits per heavy atom. The summed E-state index contributed by atoms with van der Waals surface area (Å²) in [5, 5.41) is 1.33. The summed E-state index contributed by atoms with van der Waals surface area (Å²) < 4.78 is 0. The van der Waals surface area contributed by atoms with E-state index >= 15 is 0 Å². The summed E-state index contributed by atoms with van der Waals surface area (Å²) in [6.07, 6.45) is 4.21. The van der Waals surface area contributed by atoms with Gasteiger partial charge in [-0.1, -0.05) is 13.8 Å². The first-order valence-electron chi connectivity index (χ1n) is 4.23. The van der Waals surface area contributed by atoms with Crippen molar-refractivity contribution in [1.29, 1.82) is 0 Å². The SMILES string of the molecule is CCc1ccnc([SiH3])c1CC. The second-order valence-corrected chi connectivity index (χ2v) is 3.69. The van der Waals surface area contributed by atoms with Gasteiger partial charge in [-0.25, -0.2) is 0 Å². The smallest absolute Gasteiger partial charge is 0.0626 e. The van der Waals surface area contributed by atoms with Crippen LogP contribution in [0.4, 0.5) is 0 Å². The van der Waals surface area contributed by atoms with Crippen molar-refractivity contribution in [3.05, 3.63) is 23.4 Å². The zero-order chi connectivity index (χ0) is 8.27. The van der Waals surface area contributed by atoms with Gasteiger partial charge in [0, 0.05) is 11.5 Å². The van der Waals surface area contributed by atoms with Gasteiger partial charge >= 0.3 is 0 Å². The molecule has 0 saturated carbocycles. The molecule has 0 aromatic carbocycles. The fourth-order valence-corrected chi connectivity index (χ4v) is 2.29. The van der Waals surface area contributed by atoms with Crippen LogP contribution >= 0.6 is 0 Å². The average Bonchev–Trinajstić information content (AvgIpc) is 2.04. The highest BCUT2D eigenvalue weighted by Crippen LogP contribution is 2.05. The van der Waals surface area contributed by atoms with Crippen LogP contribution in [0.5, 0.6) is 0 Å². The molecule has 1 rings (SSSR count). The minimum Gasteiger partial charge on any atom is -0.267 e. The van der Waals surface area contributed by atoms with Crippen LogP contribution in [0, 0.1) is 0 Å². The van der Waals surface area contributed by atoms with Crippen molar-refractivity contribution >= 4 is 15.6 Å². The molecule has 0 aliphatic heterocycles. The third kappa shape index (κ3) is 1.69. The maximum Gasteiger partial charge on any atom is 0.0626 e. The van der Waals surface area contributed by atoms with E-state index in [-0.39, 0.29) is 0 Å². The molecule has 0 unspecified atom stereocenters. The molecule has 0 amide bonds. The van der Waals surface area contributed by atoms with E-state index in [1.54, 1.807) is 0 Å². The van der Waals surface area contributed by atoms with Crippen molar-refractivity contribution in [2.24, 2.45) is 0 Å². The number of rotatable bonds is 2. The Kier molecular flexibility index (Phi) is 2.82. The number of pyridine rings is 1. The average molecular weight is 165 g/mol. The van der Waals surface area contributed by atoms with Gasteiger partial charge < -0.3 is 0 Å². The molecule has 1 aromatic heterocycles. The quantitative estimate of drug-likeness (QED) is 0.570. The van der Waals surface area contributed by atoms with Crippen LogP contribution in [0.3, 0.4) is 0 Å². The van der Waals surface area contributed by atoms with E-state index in [9.17, 15) is 0 Å². The van der Waals surface area contributed by atoms with Gasteiger partial charge in [0.25, 0.3) is 0 Å². The summed E-state index contributed by atoms with van der Waals surface area (Å²) in [6.45, 7) is 4.41. The van der Waals surface area contributed by atoms with Gasteiger partial charge in [0.05, 0.1) is 10.2 Å². The minimum absolute atomic E-state index is 1.08. The fourth-order valence-electron chi connectivity index (χ4n) is 1.46. The summed E-state index contributed by atoms with van der Waals surface area (Å²) in [5.41, 5.74) is 2.97. The Morgan fingerprint density at radius 2 is 2.09 bits per heavy atom. The van der Waals surface area contributed by atoms with E-state index in [0.717, 1.165) is 23.1 Å². The third-order valence-electron chi connectivity index (χ3n) is 2.10. The molecule has 0 N–H and O–H groups in total. The van der Waals surface area contributed by atoms with Crippen LogP contribution in [0.2, 0.25) is 0 Å². The van der Waals surface area contributed by atoms with Crippen LogP contribution in [0.25, 0.3) is 0 Å². The van der Waals surface area contributed by atoms with Gasteiger partial charge in [0.1, 0.15) is 0 Å². The van der Waals surface area contributed by atoms with Crippen molar-refractivity contribution in [2.45, 2.75) is 26.7 Å². The molecule has 0 atom stereocenters. The van der Waals surface area contributed by atoms with Crippen molar-refractivity contribution in [3.8, 4) is 0 Å². The van der Waals surface area contributed by atoms with E-state index in [4.69, 9.17) is 0 Å². The molecule has 0 bridgehead atoms. The lowest BCUT2D eigenvalue weighted by molar-refractivity contribution is 1.03. The molecule has 11 heavy (non-hydrogen) atoms. The molecule has 0 radical (unpaired) electrons. The first kappa shape index (κ1) is 8.46. The number of aromatic nitrogens is 1. The molecule has 60 valence electrons. The fraction of sp³-hybridized carbons (Fsp3) is 0.444. The standard InChI is InChI=1S/C9H15NSi/c1-3-7-5-6-10-9(11)8(7)4-2/h5-6H,3-4H2,1-2,11H3. The molecule has 2 heteroatoms. The summed E-state index contributed by atoms with van der Waals surface area (Å²) in [7, 11) is 1.08. The van der Waals surface area contributed by atoms with Crippen molar-refractivity contribution in [2.75, 3.05) is 0 Å². The van der Waals surface area contributed by atoms with Gasteiger partial charge in [-0.15, -0.1) is 0 Å². The molecule has 1 heterocycles. The number of nitrogens with zero attached hydrogens (tertiary/aromatic N) is 1. The van der Waals surface area contributed by atoms with Gasteiger partial charge in [0.15, 0.2) is 0 Å². The first-order chi connectivity index (χ1) is 5.29. The van der Waals surface area contributed by atoms with Gasteiger partial charge in [-0.3, -0.25) is 4.98 Å². The van der Waals surface area contributed by atoms with Gasteiger partial charge in [-0.05, 0) is 30.0 Å². The summed E-state index contributed by atoms with van der Waals surface area (Å²) >= 11 is 0. The molecule has 0 saturated heterocycles. The zero-order valence-electron chi connectivity index (χ0n) is 7.52. The monoisotopic (exact) mass is 165 g/mol. The normalized spacial score (nSPS) is 10.4. The highest BCUT2D eigenvalue weighted by molar-refractivity contribution is 6.31. The topological polar surface area (TPSA) is 12.9 Å². The third-order valence-corrected chi connectivity index (χ3v) is 2.96. The lowest BCUT2D eigenvalue weighted by Gasteiger charge is -2.07. The highest BCUT2D eigenvalue weighted by Gasteiger charge is 2.00. The molecule has 0 spiro atoms. The summed E-state index contributed by atoms with van der Waals surface area (Å²) in [4.78, 5) is 4.32. The van der Waals surface area contributed by atoms with Crippen molar-refractivity contribution in [1.82, 2.24) is 4.98 Å². The van der Waals surface area contributed by atoms with E-state index in [1.165, 1.54) is 16.4 Å². The van der Waals surface area contributed by atoms with E-state index in [2.05, 4.69) is 24.9 Å². The van der Waals surface area contributed by atoms with Crippen LogP contribution in [0.15, 0.2) is 12.3 Å². The van der Waals surface area contributed by atoms with Crippen molar-refractivity contribution < 1.29 is 0 Å². The maximum atomic E-state index is 4.32. The van der Waals surface area contributed by atoms with Crippen LogP contribution in [-0.2, 0) is 12.8 Å². The van der Waals surface area contributed by atoms with Crippen LogP contribution in [-0.4, -0.2) is 15.2 Å². The highest BCUT2D eigenvalue weighted by atomic mass is 28.1. The largest absolute Gasteiger partial charge is 0.267 e.